The molecule has 1 aromatic rings. The van der Waals surface area contributed by atoms with E-state index in [1.54, 1.807) is 13.8 Å². The van der Waals surface area contributed by atoms with Gasteiger partial charge in [0.25, 0.3) is 0 Å². The highest BCUT2D eigenvalue weighted by molar-refractivity contribution is 5.27. The van der Waals surface area contributed by atoms with Crippen molar-refractivity contribution in [3.05, 3.63) is 35.4 Å². The van der Waals surface area contributed by atoms with E-state index in [-0.39, 0.29) is 0 Å². The number of hydrogen-bond donors (Lipinski definition) is 0. The lowest BCUT2D eigenvalue weighted by molar-refractivity contribution is -0.000162. The van der Waals surface area contributed by atoms with E-state index in [1.807, 2.05) is 18.2 Å². The van der Waals surface area contributed by atoms with E-state index in [1.165, 1.54) is 5.56 Å². The van der Waals surface area contributed by atoms with E-state index in [9.17, 15) is 5.11 Å². The van der Waals surface area contributed by atoms with Crippen LogP contribution in [0, 0.1) is 0 Å². The molecule has 0 saturated carbocycles. The third-order valence-corrected chi connectivity index (χ3v) is 2.16. The van der Waals surface area contributed by atoms with Crippen molar-refractivity contribution in [3.8, 4) is 0 Å². The van der Waals surface area contributed by atoms with Crippen LogP contribution in [0.2, 0.25) is 0 Å². The summed E-state index contributed by atoms with van der Waals surface area (Å²) in [5, 5.41) is 11.7. The Morgan fingerprint density at radius 3 is 2.54 bits per heavy atom. The monoisotopic (exact) mass is 177 g/mol. The second kappa shape index (κ2) is 3.93. The number of aryl methyl sites for hydroxylation is 1. The van der Waals surface area contributed by atoms with Crippen molar-refractivity contribution < 1.29 is 5.11 Å². The van der Waals surface area contributed by atoms with Crippen molar-refractivity contribution in [2.75, 3.05) is 0 Å². The number of benzene rings is 1. The molecule has 0 N–H and O–H groups in total. The largest absolute Gasteiger partial charge is 0.225 e. The first-order valence-electron chi connectivity index (χ1n) is 4.84. The standard InChI is InChI=1S/C12H17O/c1-4-6-10-7-5-8-11(9-10)12(2,3)13/h5,7-9H,4,6H2,1-3H3. The fourth-order valence-electron chi connectivity index (χ4n) is 1.39. The zero-order chi connectivity index (χ0) is 9.90. The molecule has 0 unspecified atom stereocenters. The van der Waals surface area contributed by atoms with Crippen molar-refractivity contribution in [1.82, 2.24) is 0 Å². The summed E-state index contributed by atoms with van der Waals surface area (Å²) in [7, 11) is 0. The summed E-state index contributed by atoms with van der Waals surface area (Å²) in [5.41, 5.74) is 1.19. The maximum Gasteiger partial charge on any atom is 0.123 e. The quantitative estimate of drug-likeness (QED) is 0.675. The van der Waals surface area contributed by atoms with E-state index in [0.29, 0.717) is 0 Å². The first kappa shape index (κ1) is 10.3. The lowest BCUT2D eigenvalue weighted by Gasteiger charge is -2.15. The highest BCUT2D eigenvalue weighted by Gasteiger charge is 2.17. The molecule has 0 heterocycles. The van der Waals surface area contributed by atoms with Crippen LogP contribution < -0.4 is 0 Å². The van der Waals surface area contributed by atoms with Gasteiger partial charge in [-0.15, -0.1) is 0 Å². The Bertz CT molecular complexity index is 271. The average molecular weight is 177 g/mol. The van der Waals surface area contributed by atoms with Gasteiger partial charge in [0.15, 0.2) is 0 Å². The molecule has 13 heavy (non-hydrogen) atoms. The SMILES string of the molecule is CCCc1cccc(C(C)(C)[O])c1. The van der Waals surface area contributed by atoms with E-state index in [0.717, 1.165) is 18.4 Å². The second-order valence-electron chi connectivity index (χ2n) is 3.96. The molecule has 0 aromatic heterocycles. The maximum atomic E-state index is 11.7. The maximum absolute atomic E-state index is 11.7. The minimum Gasteiger partial charge on any atom is -0.225 e. The predicted molar refractivity (Wildman–Crippen MR) is 54.1 cm³/mol. The van der Waals surface area contributed by atoms with Gasteiger partial charge in [-0.2, -0.15) is 0 Å². The molecule has 1 heteroatoms. The topological polar surface area (TPSA) is 19.9 Å². The molecule has 1 radical (unpaired) electrons. The fraction of sp³-hybridized carbons (Fsp3) is 0.500. The molecule has 0 aliphatic carbocycles. The molecule has 0 saturated heterocycles. The Kier molecular flexibility index (Phi) is 3.10. The van der Waals surface area contributed by atoms with Crippen LogP contribution in [0.3, 0.4) is 0 Å². The summed E-state index contributed by atoms with van der Waals surface area (Å²) < 4.78 is 0. The third-order valence-electron chi connectivity index (χ3n) is 2.16. The van der Waals surface area contributed by atoms with Crippen LogP contribution in [0.25, 0.3) is 0 Å². The Morgan fingerprint density at radius 1 is 1.31 bits per heavy atom. The van der Waals surface area contributed by atoms with Gasteiger partial charge in [-0.05, 0) is 31.4 Å². The molecule has 0 aliphatic heterocycles. The van der Waals surface area contributed by atoms with Crippen molar-refractivity contribution in [1.29, 1.82) is 0 Å². The molecule has 0 bridgehead atoms. The molecule has 71 valence electrons. The van der Waals surface area contributed by atoms with Crippen molar-refractivity contribution >= 4 is 0 Å². The van der Waals surface area contributed by atoms with E-state index < -0.39 is 5.60 Å². The molecule has 0 fully saturated rings. The molecular weight excluding hydrogens is 160 g/mol. The molecule has 0 amide bonds. The molecule has 0 atom stereocenters. The van der Waals surface area contributed by atoms with Gasteiger partial charge in [0.1, 0.15) is 5.60 Å². The van der Waals surface area contributed by atoms with Crippen LogP contribution in [0.1, 0.15) is 38.3 Å². The van der Waals surface area contributed by atoms with Crippen LogP contribution in [0.5, 0.6) is 0 Å². The highest BCUT2D eigenvalue weighted by atomic mass is 16.3. The molecule has 1 nitrogen and oxygen atoms in total. The average Bonchev–Trinajstić information content (AvgIpc) is 2.04. The highest BCUT2D eigenvalue weighted by Crippen LogP contribution is 2.21. The first-order valence-corrected chi connectivity index (χ1v) is 4.84. The van der Waals surface area contributed by atoms with E-state index in [4.69, 9.17) is 0 Å². The van der Waals surface area contributed by atoms with Gasteiger partial charge in [-0.3, -0.25) is 0 Å². The molecule has 0 spiro atoms. The van der Waals surface area contributed by atoms with Gasteiger partial charge >= 0.3 is 0 Å². The summed E-state index contributed by atoms with van der Waals surface area (Å²) in [4.78, 5) is 0. The second-order valence-corrected chi connectivity index (χ2v) is 3.96. The summed E-state index contributed by atoms with van der Waals surface area (Å²) in [6, 6.07) is 7.99. The van der Waals surface area contributed by atoms with Crippen molar-refractivity contribution in [3.63, 3.8) is 0 Å². The summed E-state index contributed by atoms with van der Waals surface area (Å²) in [5.74, 6) is 0. The molecular formula is C12H17O. The zero-order valence-electron chi connectivity index (χ0n) is 8.63. The smallest absolute Gasteiger partial charge is 0.123 e. The Balaban J connectivity index is 2.92. The fourth-order valence-corrected chi connectivity index (χ4v) is 1.39. The van der Waals surface area contributed by atoms with Crippen LogP contribution in [0.15, 0.2) is 24.3 Å². The Labute approximate surface area is 80.4 Å². The van der Waals surface area contributed by atoms with Gasteiger partial charge < -0.3 is 0 Å². The van der Waals surface area contributed by atoms with E-state index >= 15 is 0 Å². The first-order chi connectivity index (χ1) is 6.04. The van der Waals surface area contributed by atoms with E-state index in [2.05, 4.69) is 13.0 Å². The lowest BCUT2D eigenvalue weighted by atomic mass is 9.95. The van der Waals surface area contributed by atoms with Crippen LogP contribution >= 0.6 is 0 Å². The zero-order valence-corrected chi connectivity index (χ0v) is 8.63. The minimum atomic E-state index is -0.969. The van der Waals surface area contributed by atoms with Gasteiger partial charge in [0, 0.05) is 0 Å². The van der Waals surface area contributed by atoms with Crippen LogP contribution in [0.4, 0.5) is 0 Å². The molecule has 1 aromatic carbocycles. The molecule has 0 aliphatic rings. The van der Waals surface area contributed by atoms with Crippen molar-refractivity contribution in [2.24, 2.45) is 0 Å². The number of rotatable bonds is 3. The van der Waals surface area contributed by atoms with Gasteiger partial charge in [-0.25, -0.2) is 5.11 Å². The van der Waals surface area contributed by atoms with Crippen LogP contribution in [-0.2, 0) is 17.1 Å². The Hall–Kier alpha value is -0.820. The minimum absolute atomic E-state index is 0.887. The van der Waals surface area contributed by atoms with Gasteiger partial charge in [-0.1, -0.05) is 37.6 Å². The number of hydrogen-bond acceptors (Lipinski definition) is 0. The summed E-state index contributed by atoms with van der Waals surface area (Å²) in [6.45, 7) is 5.56. The Morgan fingerprint density at radius 2 is 2.00 bits per heavy atom. The van der Waals surface area contributed by atoms with Crippen LogP contribution in [-0.4, -0.2) is 0 Å². The summed E-state index contributed by atoms with van der Waals surface area (Å²) in [6.07, 6.45) is 2.19. The van der Waals surface area contributed by atoms with Gasteiger partial charge in [0.05, 0.1) is 0 Å². The summed E-state index contributed by atoms with van der Waals surface area (Å²) >= 11 is 0. The third kappa shape index (κ3) is 2.85. The molecule has 1 rings (SSSR count). The van der Waals surface area contributed by atoms with Crippen molar-refractivity contribution in [2.45, 2.75) is 39.2 Å². The van der Waals surface area contributed by atoms with Gasteiger partial charge in [0.2, 0.25) is 0 Å². The normalized spacial score (nSPS) is 11.7. The lowest BCUT2D eigenvalue weighted by Crippen LogP contribution is -2.13. The predicted octanol–water partition coefficient (Wildman–Crippen LogP) is 3.30.